The fourth-order valence-corrected chi connectivity index (χ4v) is 2.55. The van der Waals surface area contributed by atoms with Crippen LogP contribution in [0.5, 0.6) is 5.88 Å². The summed E-state index contributed by atoms with van der Waals surface area (Å²) in [6.07, 6.45) is 7.88. The molecule has 1 saturated carbocycles. The van der Waals surface area contributed by atoms with Crippen LogP contribution in [0.2, 0.25) is 5.02 Å². The summed E-state index contributed by atoms with van der Waals surface area (Å²) < 4.78 is 5.67. The van der Waals surface area contributed by atoms with Crippen LogP contribution in [0.25, 0.3) is 0 Å². The number of nitrogen functional groups attached to an aromatic ring is 1. The zero-order valence-electron chi connectivity index (χ0n) is 10.3. The predicted molar refractivity (Wildman–Crippen MR) is 72.3 cm³/mol. The maximum absolute atomic E-state index is 7.41. The average molecular weight is 268 g/mol. The molecule has 18 heavy (non-hydrogen) atoms. The molecule has 0 spiro atoms. The normalized spacial score (nSPS) is 16.5. The lowest BCUT2D eigenvalue weighted by Crippen LogP contribution is -2.17. The summed E-state index contributed by atoms with van der Waals surface area (Å²) in [6.45, 7) is 0.647. The Labute approximate surface area is 112 Å². The topological polar surface area (TPSA) is 72.0 Å². The number of pyridine rings is 1. The summed E-state index contributed by atoms with van der Waals surface area (Å²) in [4.78, 5) is 4.10. The first-order valence-electron chi connectivity index (χ1n) is 6.30. The van der Waals surface area contributed by atoms with Crippen molar-refractivity contribution in [3.8, 4) is 5.88 Å². The monoisotopic (exact) mass is 267 g/mol. The van der Waals surface area contributed by atoms with E-state index >= 15 is 0 Å². The Bertz CT molecular complexity index is 430. The van der Waals surface area contributed by atoms with Gasteiger partial charge in [0.05, 0.1) is 6.61 Å². The smallest absolute Gasteiger partial charge is 0.233 e. The minimum Gasteiger partial charge on any atom is -0.476 e. The first-order valence-corrected chi connectivity index (χ1v) is 6.68. The summed E-state index contributed by atoms with van der Waals surface area (Å²) in [5.41, 5.74) is 5.92. The van der Waals surface area contributed by atoms with Gasteiger partial charge in [0.1, 0.15) is 10.9 Å². The van der Waals surface area contributed by atoms with Crippen molar-refractivity contribution in [1.82, 2.24) is 4.98 Å². The Balaban J connectivity index is 2.00. The Morgan fingerprint density at radius 3 is 2.83 bits per heavy atom. The summed E-state index contributed by atoms with van der Waals surface area (Å²) in [6, 6.07) is 1.62. The maximum Gasteiger partial charge on any atom is 0.233 e. The number of aromatic nitrogens is 1. The second-order valence-corrected chi connectivity index (χ2v) is 5.08. The van der Waals surface area contributed by atoms with Crippen LogP contribution in [0.1, 0.15) is 37.7 Å². The van der Waals surface area contributed by atoms with E-state index < -0.39 is 0 Å². The molecular weight excluding hydrogens is 250 g/mol. The molecule has 0 bridgehead atoms. The molecule has 1 heterocycles. The average Bonchev–Trinajstić information content (AvgIpc) is 2.38. The van der Waals surface area contributed by atoms with Gasteiger partial charge in [0.15, 0.2) is 0 Å². The Kier molecular flexibility index (Phi) is 4.42. The van der Waals surface area contributed by atoms with Gasteiger partial charge in [-0.3, -0.25) is 5.41 Å². The van der Waals surface area contributed by atoms with E-state index in [1.54, 1.807) is 12.3 Å². The molecule has 1 fully saturated rings. The molecule has 0 amide bonds. The van der Waals surface area contributed by atoms with Crippen LogP contribution in [0.3, 0.4) is 0 Å². The summed E-state index contributed by atoms with van der Waals surface area (Å²) in [5.74, 6) is 0.914. The number of nitrogens with two attached hydrogens (primary N) is 1. The quantitative estimate of drug-likeness (QED) is 0.651. The highest BCUT2D eigenvalue weighted by Gasteiger charge is 2.16. The van der Waals surface area contributed by atoms with Crippen molar-refractivity contribution in [2.45, 2.75) is 32.1 Å². The molecule has 1 aliphatic carbocycles. The standard InChI is InChI=1S/C13H18ClN3O/c14-11-10(12(15)16)6-7-17-13(11)18-8-9-4-2-1-3-5-9/h6-7,9H,1-5,8H2,(H3,15,16). The van der Waals surface area contributed by atoms with Crippen LogP contribution in [-0.2, 0) is 0 Å². The van der Waals surface area contributed by atoms with Crippen LogP contribution in [-0.4, -0.2) is 17.4 Å². The molecule has 2 rings (SSSR count). The second kappa shape index (κ2) is 6.05. The highest BCUT2D eigenvalue weighted by atomic mass is 35.5. The van der Waals surface area contributed by atoms with Crippen LogP contribution in [0, 0.1) is 11.3 Å². The van der Waals surface area contributed by atoms with E-state index in [0.29, 0.717) is 29.0 Å². The van der Waals surface area contributed by atoms with Crippen LogP contribution < -0.4 is 10.5 Å². The zero-order chi connectivity index (χ0) is 13.0. The van der Waals surface area contributed by atoms with Crippen molar-refractivity contribution in [1.29, 1.82) is 5.41 Å². The zero-order valence-corrected chi connectivity index (χ0v) is 11.0. The molecule has 1 aromatic heterocycles. The van der Waals surface area contributed by atoms with Gasteiger partial charge in [-0.2, -0.15) is 0 Å². The van der Waals surface area contributed by atoms with Crippen molar-refractivity contribution < 1.29 is 4.74 Å². The number of halogens is 1. The molecule has 4 nitrogen and oxygen atoms in total. The molecule has 0 unspecified atom stereocenters. The number of rotatable bonds is 4. The van der Waals surface area contributed by atoms with Gasteiger partial charge in [0, 0.05) is 11.8 Å². The minimum absolute atomic E-state index is 0.0649. The maximum atomic E-state index is 7.41. The molecule has 0 aliphatic heterocycles. The second-order valence-electron chi connectivity index (χ2n) is 4.71. The Morgan fingerprint density at radius 1 is 1.44 bits per heavy atom. The molecule has 0 saturated heterocycles. The van der Waals surface area contributed by atoms with Crippen LogP contribution in [0.4, 0.5) is 0 Å². The van der Waals surface area contributed by atoms with E-state index in [0.717, 1.165) is 0 Å². The lowest BCUT2D eigenvalue weighted by atomic mass is 9.90. The number of amidine groups is 1. The van der Waals surface area contributed by atoms with Gasteiger partial charge in [-0.1, -0.05) is 30.9 Å². The van der Waals surface area contributed by atoms with Crippen LogP contribution in [0.15, 0.2) is 12.3 Å². The van der Waals surface area contributed by atoms with Gasteiger partial charge in [-0.25, -0.2) is 4.98 Å². The van der Waals surface area contributed by atoms with Gasteiger partial charge in [0.2, 0.25) is 5.88 Å². The molecule has 1 aliphatic rings. The van der Waals surface area contributed by atoms with Gasteiger partial charge in [-0.15, -0.1) is 0 Å². The van der Waals surface area contributed by atoms with Gasteiger partial charge in [-0.05, 0) is 24.8 Å². The van der Waals surface area contributed by atoms with Crippen molar-refractivity contribution >= 4 is 17.4 Å². The Morgan fingerprint density at radius 2 is 2.17 bits per heavy atom. The summed E-state index contributed by atoms with van der Waals surface area (Å²) in [5, 5.41) is 7.74. The number of hydrogen-bond acceptors (Lipinski definition) is 3. The Hall–Kier alpha value is -1.29. The molecule has 98 valence electrons. The summed E-state index contributed by atoms with van der Waals surface area (Å²) >= 11 is 6.11. The van der Waals surface area contributed by atoms with Crippen molar-refractivity contribution in [2.24, 2.45) is 11.7 Å². The van der Waals surface area contributed by atoms with E-state index in [1.807, 2.05) is 0 Å². The molecule has 5 heteroatoms. The van der Waals surface area contributed by atoms with Crippen molar-refractivity contribution in [2.75, 3.05) is 6.61 Å². The van der Waals surface area contributed by atoms with Gasteiger partial charge in [0.25, 0.3) is 0 Å². The number of ether oxygens (including phenoxy) is 1. The predicted octanol–water partition coefficient (Wildman–Crippen LogP) is 2.98. The lowest BCUT2D eigenvalue weighted by molar-refractivity contribution is 0.203. The molecule has 0 aromatic carbocycles. The fourth-order valence-electron chi connectivity index (χ4n) is 2.28. The minimum atomic E-state index is -0.0649. The third kappa shape index (κ3) is 3.13. The largest absolute Gasteiger partial charge is 0.476 e. The lowest BCUT2D eigenvalue weighted by Gasteiger charge is -2.21. The van der Waals surface area contributed by atoms with Crippen molar-refractivity contribution in [3.05, 3.63) is 22.8 Å². The number of nitrogens with zero attached hydrogens (tertiary/aromatic N) is 1. The van der Waals surface area contributed by atoms with Gasteiger partial charge >= 0.3 is 0 Å². The molecule has 0 radical (unpaired) electrons. The van der Waals surface area contributed by atoms with E-state index in [1.165, 1.54) is 32.1 Å². The fraction of sp³-hybridized carbons (Fsp3) is 0.538. The molecule has 0 atom stereocenters. The van der Waals surface area contributed by atoms with E-state index in [2.05, 4.69) is 4.98 Å². The van der Waals surface area contributed by atoms with E-state index in [9.17, 15) is 0 Å². The molecule has 3 N–H and O–H groups in total. The number of nitrogens with one attached hydrogen (secondary N) is 1. The van der Waals surface area contributed by atoms with Crippen LogP contribution >= 0.6 is 11.6 Å². The third-order valence-electron chi connectivity index (χ3n) is 3.33. The van der Waals surface area contributed by atoms with Crippen molar-refractivity contribution in [3.63, 3.8) is 0 Å². The third-order valence-corrected chi connectivity index (χ3v) is 3.69. The van der Waals surface area contributed by atoms with E-state index in [-0.39, 0.29) is 5.84 Å². The highest BCUT2D eigenvalue weighted by Crippen LogP contribution is 2.28. The summed E-state index contributed by atoms with van der Waals surface area (Å²) in [7, 11) is 0. The first kappa shape index (κ1) is 13.1. The SMILES string of the molecule is N=C(N)c1ccnc(OCC2CCCCC2)c1Cl. The van der Waals surface area contributed by atoms with E-state index in [4.69, 9.17) is 27.5 Å². The highest BCUT2D eigenvalue weighted by molar-refractivity contribution is 6.35. The first-order chi connectivity index (χ1) is 8.68. The number of hydrogen-bond donors (Lipinski definition) is 2. The van der Waals surface area contributed by atoms with Gasteiger partial charge < -0.3 is 10.5 Å². The molecule has 1 aromatic rings. The molecular formula is C13H18ClN3O.